The Morgan fingerprint density at radius 2 is 2.06 bits per heavy atom. The molecule has 0 spiro atoms. The normalized spacial score (nSPS) is 11.8. The van der Waals surface area contributed by atoms with E-state index in [4.69, 9.17) is 4.74 Å². The van der Waals surface area contributed by atoms with Crippen LogP contribution < -0.4 is 0 Å². The second-order valence-electron chi connectivity index (χ2n) is 3.64. The van der Waals surface area contributed by atoms with Crippen molar-refractivity contribution < 1.29 is 17.9 Å². The summed E-state index contributed by atoms with van der Waals surface area (Å²) in [6.45, 7) is 3.62. The Labute approximate surface area is 111 Å². The predicted molar refractivity (Wildman–Crippen MR) is 70.1 cm³/mol. The maximum Gasteiger partial charge on any atom is 0.321 e. The number of hydrogen-bond acceptors (Lipinski definition) is 5. The topological polar surface area (TPSA) is 63.7 Å². The highest BCUT2D eigenvalue weighted by Crippen LogP contribution is 2.24. The standard InChI is InChI=1S/C11H17NO4S2/c1-4-9-6-7-11(17-9)18(14,15)12(3)8-10(13)16-5-2/h6-7H,4-5,8H2,1-3H3. The summed E-state index contributed by atoms with van der Waals surface area (Å²) in [5.41, 5.74) is 0. The minimum Gasteiger partial charge on any atom is -0.465 e. The molecule has 7 heteroatoms. The maximum absolute atomic E-state index is 12.1. The van der Waals surface area contributed by atoms with Crippen molar-refractivity contribution in [2.45, 2.75) is 24.5 Å². The molecule has 0 fully saturated rings. The number of carbonyl (C=O) groups is 1. The zero-order valence-electron chi connectivity index (χ0n) is 10.7. The second-order valence-corrected chi connectivity index (χ2v) is 7.08. The summed E-state index contributed by atoms with van der Waals surface area (Å²) in [6, 6.07) is 3.36. The van der Waals surface area contributed by atoms with Crippen LogP contribution in [0.2, 0.25) is 0 Å². The third kappa shape index (κ3) is 3.54. The monoisotopic (exact) mass is 291 g/mol. The Bertz CT molecular complexity index is 507. The van der Waals surface area contributed by atoms with Crippen LogP contribution in [0.15, 0.2) is 16.3 Å². The summed E-state index contributed by atoms with van der Waals surface area (Å²) in [7, 11) is -2.22. The lowest BCUT2D eigenvalue weighted by atomic mass is 10.4. The van der Waals surface area contributed by atoms with E-state index in [2.05, 4.69) is 0 Å². The molecular weight excluding hydrogens is 274 g/mol. The van der Waals surface area contributed by atoms with Crippen LogP contribution in [0.4, 0.5) is 0 Å². The van der Waals surface area contributed by atoms with Crippen LogP contribution in [0.1, 0.15) is 18.7 Å². The van der Waals surface area contributed by atoms with Crippen molar-refractivity contribution in [2.24, 2.45) is 0 Å². The van der Waals surface area contributed by atoms with Crippen LogP contribution in [0.25, 0.3) is 0 Å². The van der Waals surface area contributed by atoms with Gasteiger partial charge in [-0.3, -0.25) is 4.79 Å². The quantitative estimate of drug-likeness (QED) is 0.745. The first-order valence-corrected chi connectivity index (χ1v) is 7.88. The van der Waals surface area contributed by atoms with E-state index in [0.29, 0.717) is 0 Å². The van der Waals surface area contributed by atoms with Gasteiger partial charge in [-0.1, -0.05) is 6.92 Å². The molecule has 0 aliphatic rings. The van der Waals surface area contributed by atoms with Gasteiger partial charge in [0.2, 0.25) is 0 Å². The number of likely N-dealkylation sites (N-methyl/N-ethyl adjacent to an activating group) is 1. The summed E-state index contributed by atoms with van der Waals surface area (Å²) in [5.74, 6) is -0.546. The predicted octanol–water partition coefficient (Wildman–Crippen LogP) is 1.49. The van der Waals surface area contributed by atoms with E-state index in [-0.39, 0.29) is 17.4 Å². The molecule has 1 aromatic heterocycles. The molecule has 0 saturated carbocycles. The Hall–Kier alpha value is -0.920. The van der Waals surface area contributed by atoms with E-state index >= 15 is 0 Å². The van der Waals surface area contributed by atoms with Crippen molar-refractivity contribution in [3.8, 4) is 0 Å². The molecule has 1 aromatic rings. The molecule has 0 radical (unpaired) electrons. The SMILES string of the molecule is CCOC(=O)CN(C)S(=O)(=O)c1ccc(CC)s1. The zero-order valence-corrected chi connectivity index (χ0v) is 12.3. The van der Waals surface area contributed by atoms with Crippen molar-refractivity contribution in [2.75, 3.05) is 20.2 Å². The van der Waals surface area contributed by atoms with Crippen molar-refractivity contribution in [3.63, 3.8) is 0 Å². The average Bonchev–Trinajstić information content (AvgIpc) is 2.78. The first kappa shape index (κ1) is 15.1. The molecule has 0 aromatic carbocycles. The molecule has 0 unspecified atom stereocenters. The van der Waals surface area contributed by atoms with Crippen molar-refractivity contribution in [3.05, 3.63) is 17.0 Å². The lowest BCUT2D eigenvalue weighted by Gasteiger charge is -2.14. The summed E-state index contributed by atoms with van der Waals surface area (Å²) >= 11 is 1.23. The fourth-order valence-corrected chi connectivity index (χ4v) is 3.94. The molecule has 0 saturated heterocycles. The van der Waals surface area contributed by atoms with Crippen LogP contribution in [0, 0.1) is 0 Å². The number of hydrogen-bond donors (Lipinski definition) is 0. The number of rotatable bonds is 6. The van der Waals surface area contributed by atoms with Gasteiger partial charge in [0, 0.05) is 11.9 Å². The van der Waals surface area contributed by atoms with Crippen LogP contribution in [0.3, 0.4) is 0 Å². The number of sulfonamides is 1. The van der Waals surface area contributed by atoms with E-state index in [1.165, 1.54) is 18.4 Å². The Morgan fingerprint density at radius 1 is 1.39 bits per heavy atom. The third-order valence-corrected chi connectivity index (χ3v) is 5.81. The molecule has 0 aliphatic heterocycles. The van der Waals surface area contributed by atoms with Gasteiger partial charge in [0.15, 0.2) is 0 Å². The van der Waals surface area contributed by atoms with E-state index < -0.39 is 16.0 Å². The van der Waals surface area contributed by atoms with E-state index in [0.717, 1.165) is 15.6 Å². The molecule has 0 bridgehead atoms. The molecule has 18 heavy (non-hydrogen) atoms. The molecule has 0 N–H and O–H groups in total. The minimum atomic E-state index is -3.59. The first-order valence-electron chi connectivity index (χ1n) is 5.62. The maximum atomic E-state index is 12.1. The largest absolute Gasteiger partial charge is 0.465 e. The zero-order chi connectivity index (χ0) is 13.8. The number of carbonyl (C=O) groups excluding carboxylic acids is 1. The lowest BCUT2D eigenvalue weighted by Crippen LogP contribution is -2.32. The summed E-state index contributed by atoms with van der Waals surface area (Å²) in [6.07, 6.45) is 0.793. The van der Waals surface area contributed by atoms with Gasteiger partial charge in [0.05, 0.1) is 6.61 Å². The van der Waals surface area contributed by atoms with Gasteiger partial charge >= 0.3 is 5.97 Å². The highest BCUT2D eigenvalue weighted by Gasteiger charge is 2.24. The van der Waals surface area contributed by atoms with Gasteiger partial charge in [0.1, 0.15) is 10.8 Å². The summed E-state index contributed by atoms with van der Waals surface area (Å²) < 4.78 is 30.3. The van der Waals surface area contributed by atoms with Gasteiger partial charge < -0.3 is 4.74 Å². The van der Waals surface area contributed by atoms with Crippen LogP contribution in [-0.2, 0) is 26.0 Å². The van der Waals surface area contributed by atoms with Crippen molar-refractivity contribution in [1.82, 2.24) is 4.31 Å². The summed E-state index contributed by atoms with van der Waals surface area (Å²) in [4.78, 5) is 12.3. The second kappa shape index (κ2) is 6.31. The molecule has 1 heterocycles. The third-order valence-electron chi connectivity index (χ3n) is 2.31. The Balaban J connectivity index is 2.82. The van der Waals surface area contributed by atoms with Gasteiger partial charge in [-0.15, -0.1) is 11.3 Å². The highest BCUT2D eigenvalue weighted by molar-refractivity contribution is 7.91. The van der Waals surface area contributed by atoms with Crippen LogP contribution in [0.5, 0.6) is 0 Å². The number of esters is 1. The van der Waals surface area contributed by atoms with Crippen LogP contribution in [-0.4, -0.2) is 38.9 Å². The van der Waals surface area contributed by atoms with Crippen molar-refractivity contribution in [1.29, 1.82) is 0 Å². The fraction of sp³-hybridized carbons (Fsp3) is 0.545. The molecule has 1 rings (SSSR count). The fourth-order valence-electron chi connectivity index (χ4n) is 1.31. The first-order chi connectivity index (χ1) is 8.41. The van der Waals surface area contributed by atoms with E-state index in [9.17, 15) is 13.2 Å². The van der Waals surface area contributed by atoms with Gasteiger partial charge in [-0.05, 0) is 25.5 Å². The van der Waals surface area contributed by atoms with Gasteiger partial charge in [-0.2, -0.15) is 4.31 Å². The Kier molecular flexibility index (Phi) is 5.30. The molecule has 0 atom stereocenters. The molecule has 0 aliphatic carbocycles. The highest BCUT2D eigenvalue weighted by atomic mass is 32.2. The number of thiophene rings is 1. The minimum absolute atomic E-state index is 0.242. The van der Waals surface area contributed by atoms with E-state index in [1.807, 2.05) is 6.92 Å². The average molecular weight is 291 g/mol. The number of nitrogens with zero attached hydrogens (tertiary/aromatic N) is 1. The van der Waals surface area contributed by atoms with Crippen LogP contribution >= 0.6 is 11.3 Å². The summed E-state index contributed by atoms with van der Waals surface area (Å²) in [5, 5.41) is 0. The lowest BCUT2D eigenvalue weighted by molar-refractivity contribution is -0.143. The van der Waals surface area contributed by atoms with Crippen molar-refractivity contribution >= 4 is 27.3 Å². The molecule has 102 valence electrons. The van der Waals surface area contributed by atoms with Gasteiger partial charge in [-0.25, -0.2) is 8.42 Å². The number of ether oxygens (including phenoxy) is 1. The smallest absolute Gasteiger partial charge is 0.321 e. The Morgan fingerprint density at radius 3 is 2.56 bits per heavy atom. The molecule has 5 nitrogen and oxygen atoms in total. The number of aryl methyl sites for hydroxylation is 1. The molecule has 0 amide bonds. The van der Waals surface area contributed by atoms with E-state index in [1.54, 1.807) is 19.1 Å². The van der Waals surface area contributed by atoms with Gasteiger partial charge in [0.25, 0.3) is 10.0 Å². The molecular formula is C11H17NO4S2.